The molecule has 0 saturated heterocycles. The molecule has 0 unspecified atom stereocenters. The molecule has 2 aromatic carbocycles. The van der Waals surface area contributed by atoms with E-state index >= 15 is 0 Å². The molecule has 1 atom stereocenters. The van der Waals surface area contributed by atoms with Gasteiger partial charge in [-0.2, -0.15) is 0 Å². The minimum atomic E-state index is -0.0550. The van der Waals surface area contributed by atoms with Gasteiger partial charge in [0.25, 0.3) is 5.91 Å². The number of carbonyl (C=O) groups is 1. The molecule has 0 aliphatic rings. The van der Waals surface area contributed by atoms with Crippen LogP contribution in [0, 0.1) is 0 Å². The third-order valence-electron chi connectivity index (χ3n) is 3.75. The van der Waals surface area contributed by atoms with Crippen molar-refractivity contribution in [3.63, 3.8) is 0 Å². The van der Waals surface area contributed by atoms with Crippen molar-refractivity contribution in [3.8, 4) is 11.1 Å². The van der Waals surface area contributed by atoms with Crippen molar-refractivity contribution >= 4 is 5.91 Å². The molecule has 0 saturated carbocycles. The number of hydrogen-bond acceptors (Lipinski definition) is 2. The van der Waals surface area contributed by atoms with Gasteiger partial charge in [0.2, 0.25) is 0 Å². The number of furan rings is 1. The standard InChI is InChI=1S/C20H19NO2/c1-15(13-16-11-12-23-14-16)21-20(22)19-9-7-18(8-10-19)17-5-3-2-4-6-17/h2-12,14-15H,13H2,1H3,(H,21,22)/t15-/m0/s1. The third-order valence-corrected chi connectivity index (χ3v) is 3.75. The first-order valence-corrected chi connectivity index (χ1v) is 7.70. The van der Waals surface area contributed by atoms with Crippen molar-refractivity contribution in [2.24, 2.45) is 0 Å². The van der Waals surface area contributed by atoms with Crippen LogP contribution < -0.4 is 5.32 Å². The lowest BCUT2D eigenvalue weighted by molar-refractivity contribution is 0.0940. The van der Waals surface area contributed by atoms with Crippen molar-refractivity contribution in [2.75, 3.05) is 0 Å². The molecule has 3 heteroatoms. The smallest absolute Gasteiger partial charge is 0.251 e. The Morgan fingerprint density at radius 2 is 1.70 bits per heavy atom. The molecule has 23 heavy (non-hydrogen) atoms. The van der Waals surface area contributed by atoms with Gasteiger partial charge in [0.15, 0.2) is 0 Å². The molecule has 0 spiro atoms. The quantitative estimate of drug-likeness (QED) is 0.763. The fraction of sp³-hybridized carbons (Fsp3) is 0.150. The van der Waals surface area contributed by atoms with Gasteiger partial charge in [-0.1, -0.05) is 42.5 Å². The second-order valence-corrected chi connectivity index (χ2v) is 5.65. The number of benzene rings is 2. The number of carbonyl (C=O) groups excluding carboxylic acids is 1. The summed E-state index contributed by atoms with van der Waals surface area (Å²) in [6.07, 6.45) is 4.10. The largest absolute Gasteiger partial charge is 0.472 e. The van der Waals surface area contributed by atoms with Gasteiger partial charge in [-0.25, -0.2) is 0 Å². The zero-order valence-corrected chi connectivity index (χ0v) is 13.0. The molecule has 0 radical (unpaired) electrons. The van der Waals surface area contributed by atoms with Crippen LogP contribution in [0.5, 0.6) is 0 Å². The maximum Gasteiger partial charge on any atom is 0.251 e. The lowest BCUT2D eigenvalue weighted by Crippen LogP contribution is -2.33. The Hall–Kier alpha value is -2.81. The summed E-state index contributed by atoms with van der Waals surface area (Å²) in [7, 11) is 0. The van der Waals surface area contributed by atoms with Crippen LogP contribution in [0.4, 0.5) is 0 Å². The maximum absolute atomic E-state index is 12.3. The topological polar surface area (TPSA) is 42.2 Å². The van der Waals surface area contributed by atoms with Gasteiger partial charge in [0.05, 0.1) is 12.5 Å². The summed E-state index contributed by atoms with van der Waals surface area (Å²) >= 11 is 0. The molecule has 116 valence electrons. The molecule has 3 rings (SSSR count). The van der Waals surface area contributed by atoms with Crippen molar-refractivity contribution in [2.45, 2.75) is 19.4 Å². The third kappa shape index (κ3) is 3.89. The number of amides is 1. The molecule has 0 bridgehead atoms. The van der Waals surface area contributed by atoms with Crippen LogP contribution in [-0.4, -0.2) is 11.9 Å². The van der Waals surface area contributed by atoms with E-state index in [0.717, 1.165) is 23.1 Å². The highest BCUT2D eigenvalue weighted by Crippen LogP contribution is 2.19. The maximum atomic E-state index is 12.3. The van der Waals surface area contributed by atoms with Gasteiger partial charge in [-0.15, -0.1) is 0 Å². The zero-order valence-electron chi connectivity index (χ0n) is 13.0. The monoisotopic (exact) mass is 305 g/mol. The molecular weight excluding hydrogens is 286 g/mol. The van der Waals surface area contributed by atoms with E-state index in [2.05, 4.69) is 17.4 Å². The van der Waals surface area contributed by atoms with Gasteiger partial charge in [0.1, 0.15) is 0 Å². The number of nitrogens with one attached hydrogen (secondary N) is 1. The van der Waals surface area contributed by atoms with Gasteiger partial charge < -0.3 is 9.73 Å². The molecule has 3 nitrogen and oxygen atoms in total. The van der Waals surface area contributed by atoms with E-state index in [1.165, 1.54) is 0 Å². The Morgan fingerprint density at radius 1 is 1.00 bits per heavy atom. The van der Waals surface area contributed by atoms with E-state index in [-0.39, 0.29) is 11.9 Å². The van der Waals surface area contributed by atoms with Crippen LogP contribution in [-0.2, 0) is 6.42 Å². The van der Waals surface area contributed by atoms with E-state index in [1.807, 2.05) is 55.5 Å². The molecule has 1 amide bonds. The minimum Gasteiger partial charge on any atom is -0.472 e. The summed E-state index contributed by atoms with van der Waals surface area (Å²) in [5.41, 5.74) is 4.00. The predicted octanol–water partition coefficient (Wildman–Crippen LogP) is 4.31. The molecule has 0 aliphatic heterocycles. The van der Waals surface area contributed by atoms with E-state index in [0.29, 0.717) is 5.56 Å². The normalized spacial score (nSPS) is 11.9. The summed E-state index contributed by atoms with van der Waals surface area (Å²) in [4.78, 5) is 12.3. The van der Waals surface area contributed by atoms with Crippen LogP contribution in [0.15, 0.2) is 77.6 Å². The van der Waals surface area contributed by atoms with Gasteiger partial charge in [-0.3, -0.25) is 4.79 Å². The number of rotatable bonds is 5. The zero-order chi connectivity index (χ0) is 16.1. The average molecular weight is 305 g/mol. The Balaban J connectivity index is 1.63. The van der Waals surface area contributed by atoms with Crippen LogP contribution in [0.1, 0.15) is 22.8 Å². The average Bonchev–Trinajstić information content (AvgIpc) is 3.08. The van der Waals surface area contributed by atoms with Crippen molar-refractivity contribution < 1.29 is 9.21 Å². The fourth-order valence-electron chi connectivity index (χ4n) is 2.57. The highest BCUT2D eigenvalue weighted by atomic mass is 16.3. The van der Waals surface area contributed by atoms with Crippen molar-refractivity contribution in [1.82, 2.24) is 5.32 Å². The summed E-state index contributed by atoms with van der Waals surface area (Å²) < 4.78 is 5.05. The summed E-state index contributed by atoms with van der Waals surface area (Å²) in [5, 5.41) is 3.01. The second kappa shape index (κ2) is 6.97. The summed E-state index contributed by atoms with van der Waals surface area (Å²) in [6.45, 7) is 1.99. The van der Waals surface area contributed by atoms with Crippen LogP contribution in [0.3, 0.4) is 0 Å². The SMILES string of the molecule is C[C@@H](Cc1ccoc1)NC(=O)c1ccc(-c2ccccc2)cc1. The van der Waals surface area contributed by atoms with Gasteiger partial charge in [-0.05, 0) is 48.2 Å². The first kappa shape index (κ1) is 15.1. The van der Waals surface area contributed by atoms with Gasteiger partial charge >= 0.3 is 0 Å². The van der Waals surface area contributed by atoms with Crippen LogP contribution in [0.25, 0.3) is 11.1 Å². The highest BCUT2D eigenvalue weighted by molar-refractivity contribution is 5.94. The predicted molar refractivity (Wildman–Crippen MR) is 91.2 cm³/mol. The van der Waals surface area contributed by atoms with E-state index in [9.17, 15) is 4.79 Å². The summed E-state index contributed by atoms with van der Waals surface area (Å²) in [6, 6.07) is 19.8. The Morgan fingerprint density at radius 3 is 2.35 bits per heavy atom. The van der Waals surface area contributed by atoms with E-state index in [1.54, 1.807) is 12.5 Å². The highest BCUT2D eigenvalue weighted by Gasteiger charge is 2.11. The fourth-order valence-corrected chi connectivity index (χ4v) is 2.57. The Labute approximate surface area is 136 Å². The first-order valence-electron chi connectivity index (χ1n) is 7.70. The second-order valence-electron chi connectivity index (χ2n) is 5.65. The Bertz CT molecular complexity index is 746. The Kier molecular flexibility index (Phi) is 4.57. The van der Waals surface area contributed by atoms with Crippen LogP contribution in [0.2, 0.25) is 0 Å². The van der Waals surface area contributed by atoms with E-state index < -0.39 is 0 Å². The first-order chi connectivity index (χ1) is 11.2. The molecule has 1 N–H and O–H groups in total. The number of hydrogen-bond donors (Lipinski definition) is 1. The lowest BCUT2D eigenvalue weighted by Gasteiger charge is -2.13. The lowest BCUT2D eigenvalue weighted by atomic mass is 10.0. The minimum absolute atomic E-state index is 0.0499. The van der Waals surface area contributed by atoms with Gasteiger partial charge in [0, 0.05) is 11.6 Å². The van der Waals surface area contributed by atoms with Crippen molar-refractivity contribution in [3.05, 3.63) is 84.3 Å². The molecule has 0 fully saturated rings. The molecule has 0 aliphatic carbocycles. The summed E-state index contributed by atoms with van der Waals surface area (Å²) in [5.74, 6) is -0.0550. The van der Waals surface area contributed by atoms with E-state index in [4.69, 9.17) is 4.42 Å². The molecule has 1 heterocycles. The molecule has 1 aromatic heterocycles. The van der Waals surface area contributed by atoms with Crippen LogP contribution >= 0.6 is 0 Å². The molecule has 3 aromatic rings. The van der Waals surface area contributed by atoms with Crippen molar-refractivity contribution in [1.29, 1.82) is 0 Å². The molecular formula is C20H19NO2.